The Balaban J connectivity index is 2.24. The zero-order valence-electron chi connectivity index (χ0n) is 7.19. The lowest BCUT2D eigenvalue weighted by molar-refractivity contribution is -0.130. The van der Waals surface area contributed by atoms with E-state index in [-0.39, 0.29) is 0 Å². The zero-order chi connectivity index (χ0) is 9.31. The minimum absolute atomic E-state index is 0.453. The Morgan fingerprint density at radius 1 is 1.54 bits per heavy atom. The fourth-order valence-electron chi connectivity index (χ4n) is 1.07. The second kappa shape index (κ2) is 3.01. The van der Waals surface area contributed by atoms with E-state index in [0.29, 0.717) is 6.54 Å². The van der Waals surface area contributed by atoms with Crippen molar-refractivity contribution in [1.29, 1.82) is 0 Å². The summed E-state index contributed by atoms with van der Waals surface area (Å²) in [5.74, 6) is -0.703. The molecule has 1 aliphatic rings. The predicted molar refractivity (Wildman–Crippen MR) is 48.7 cm³/mol. The molecule has 5 heteroatoms. The van der Waals surface area contributed by atoms with E-state index >= 15 is 0 Å². The SMILES string of the molecule is CC1(c2cnc(CN)s2)OC=CO1. The molecule has 1 aromatic rings. The number of hydrogen-bond donors (Lipinski definition) is 1. The van der Waals surface area contributed by atoms with Gasteiger partial charge in [-0.05, 0) is 0 Å². The molecule has 0 saturated carbocycles. The van der Waals surface area contributed by atoms with Crippen LogP contribution < -0.4 is 5.73 Å². The average molecular weight is 198 g/mol. The molecule has 2 heterocycles. The van der Waals surface area contributed by atoms with E-state index in [1.54, 1.807) is 6.20 Å². The summed E-state index contributed by atoms with van der Waals surface area (Å²) in [7, 11) is 0. The van der Waals surface area contributed by atoms with E-state index in [0.717, 1.165) is 9.88 Å². The molecular weight excluding hydrogens is 188 g/mol. The standard InChI is InChI=1S/C8H10N2O2S/c1-8(11-2-3-12-8)6-5-10-7(4-9)13-6/h2-3,5H,4,9H2,1H3. The summed E-state index contributed by atoms with van der Waals surface area (Å²) in [6, 6.07) is 0. The second-order valence-corrected chi connectivity index (χ2v) is 3.89. The van der Waals surface area contributed by atoms with Crippen molar-refractivity contribution in [3.63, 3.8) is 0 Å². The molecule has 0 bridgehead atoms. The first-order chi connectivity index (χ1) is 6.24. The molecule has 0 radical (unpaired) electrons. The van der Waals surface area contributed by atoms with Gasteiger partial charge in [0.15, 0.2) is 0 Å². The monoisotopic (exact) mass is 198 g/mol. The molecule has 0 aromatic carbocycles. The summed E-state index contributed by atoms with van der Waals surface area (Å²) < 4.78 is 10.6. The Bertz CT molecular complexity index is 327. The summed E-state index contributed by atoms with van der Waals surface area (Å²) in [5, 5.41) is 0.885. The van der Waals surface area contributed by atoms with Crippen molar-refractivity contribution in [3.8, 4) is 0 Å². The molecule has 1 aromatic heterocycles. The third-order valence-electron chi connectivity index (χ3n) is 1.82. The predicted octanol–water partition coefficient (Wildman–Crippen LogP) is 1.29. The summed E-state index contributed by atoms with van der Waals surface area (Å²) in [4.78, 5) is 5.06. The highest BCUT2D eigenvalue weighted by molar-refractivity contribution is 7.11. The van der Waals surface area contributed by atoms with Crippen molar-refractivity contribution in [2.75, 3.05) is 0 Å². The first-order valence-corrected chi connectivity index (χ1v) is 4.72. The quantitative estimate of drug-likeness (QED) is 0.778. The van der Waals surface area contributed by atoms with Crippen molar-refractivity contribution < 1.29 is 9.47 Å². The largest absolute Gasteiger partial charge is 0.452 e. The van der Waals surface area contributed by atoms with Gasteiger partial charge in [-0.3, -0.25) is 0 Å². The lowest BCUT2D eigenvalue weighted by Crippen LogP contribution is -2.20. The van der Waals surface area contributed by atoms with E-state index < -0.39 is 5.79 Å². The molecule has 0 spiro atoms. The van der Waals surface area contributed by atoms with Crippen LogP contribution in [0, 0.1) is 0 Å². The molecule has 0 unspecified atom stereocenters. The van der Waals surface area contributed by atoms with Crippen molar-refractivity contribution >= 4 is 11.3 Å². The van der Waals surface area contributed by atoms with Gasteiger partial charge in [0.2, 0.25) is 0 Å². The van der Waals surface area contributed by atoms with Crippen LogP contribution in [-0.4, -0.2) is 4.98 Å². The normalized spacial score (nSPS) is 18.3. The van der Waals surface area contributed by atoms with Crippen LogP contribution >= 0.6 is 11.3 Å². The molecule has 13 heavy (non-hydrogen) atoms. The number of aromatic nitrogens is 1. The van der Waals surface area contributed by atoms with E-state index in [9.17, 15) is 0 Å². The third kappa shape index (κ3) is 1.40. The Hall–Kier alpha value is -1.07. The maximum atomic E-state index is 5.46. The van der Waals surface area contributed by atoms with Crippen molar-refractivity contribution in [3.05, 3.63) is 28.6 Å². The molecule has 2 rings (SSSR count). The molecule has 0 atom stereocenters. The topological polar surface area (TPSA) is 57.4 Å². The summed E-state index contributed by atoms with van der Waals surface area (Å²) in [6.07, 6.45) is 4.80. The highest BCUT2D eigenvalue weighted by Gasteiger charge is 2.34. The van der Waals surface area contributed by atoms with Gasteiger partial charge in [0, 0.05) is 19.7 Å². The third-order valence-corrected chi connectivity index (χ3v) is 3.02. The van der Waals surface area contributed by atoms with Gasteiger partial charge < -0.3 is 15.2 Å². The Kier molecular flexibility index (Phi) is 1.97. The van der Waals surface area contributed by atoms with Gasteiger partial charge in [0.05, 0.1) is 0 Å². The van der Waals surface area contributed by atoms with Gasteiger partial charge in [0.25, 0.3) is 5.79 Å². The molecule has 2 N–H and O–H groups in total. The van der Waals surface area contributed by atoms with E-state index in [1.165, 1.54) is 23.9 Å². The fourth-order valence-corrected chi connectivity index (χ4v) is 1.90. The fraction of sp³-hybridized carbons (Fsp3) is 0.375. The number of thiazole rings is 1. The first-order valence-electron chi connectivity index (χ1n) is 3.90. The zero-order valence-corrected chi connectivity index (χ0v) is 8.00. The summed E-state index contributed by atoms with van der Waals surface area (Å²) in [6.45, 7) is 2.30. The van der Waals surface area contributed by atoms with Crippen LogP contribution in [-0.2, 0) is 21.8 Å². The number of hydrogen-bond acceptors (Lipinski definition) is 5. The molecule has 4 nitrogen and oxygen atoms in total. The summed E-state index contributed by atoms with van der Waals surface area (Å²) in [5.41, 5.74) is 5.46. The second-order valence-electron chi connectivity index (χ2n) is 2.78. The minimum Gasteiger partial charge on any atom is -0.452 e. The van der Waals surface area contributed by atoms with Gasteiger partial charge in [-0.2, -0.15) is 0 Å². The number of ether oxygens (including phenoxy) is 2. The van der Waals surface area contributed by atoms with Crippen LogP contribution in [0.1, 0.15) is 16.8 Å². The van der Waals surface area contributed by atoms with E-state index in [1.807, 2.05) is 6.92 Å². The highest BCUT2D eigenvalue weighted by Crippen LogP contribution is 2.34. The van der Waals surface area contributed by atoms with E-state index in [4.69, 9.17) is 15.2 Å². The van der Waals surface area contributed by atoms with Crippen LogP contribution in [0.3, 0.4) is 0 Å². The molecule has 70 valence electrons. The smallest absolute Gasteiger partial charge is 0.284 e. The number of nitrogens with two attached hydrogens (primary N) is 1. The van der Waals surface area contributed by atoms with E-state index in [2.05, 4.69) is 4.98 Å². The van der Waals surface area contributed by atoms with Gasteiger partial charge >= 0.3 is 0 Å². The average Bonchev–Trinajstić information content (AvgIpc) is 2.72. The Morgan fingerprint density at radius 3 is 2.77 bits per heavy atom. The lowest BCUT2D eigenvalue weighted by Gasteiger charge is -2.20. The van der Waals surface area contributed by atoms with Crippen LogP contribution in [0.4, 0.5) is 0 Å². The van der Waals surface area contributed by atoms with Gasteiger partial charge in [0.1, 0.15) is 22.4 Å². The molecule has 0 amide bonds. The van der Waals surface area contributed by atoms with Gasteiger partial charge in [-0.1, -0.05) is 0 Å². The molecule has 0 fully saturated rings. The van der Waals surface area contributed by atoms with Crippen LogP contribution in [0.2, 0.25) is 0 Å². The van der Waals surface area contributed by atoms with Crippen molar-refractivity contribution in [2.45, 2.75) is 19.3 Å². The first kappa shape index (κ1) is 8.52. The van der Waals surface area contributed by atoms with Crippen LogP contribution in [0.15, 0.2) is 18.7 Å². The number of nitrogens with zero attached hydrogens (tertiary/aromatic N) is 1. The van der Waals surface area contributed by atoms with Gasteiger partial charge in [-0.25, -0.2) is 4.98 Å². The Labute approximate surface area is 80.0 Å². The Morgan fingerprint density at radius 2 is 2.23 bits per heavy atom. The molecule has 0 saturated heterocycles. The van der Waals surface area contributed by atoms with Crippen LogP contribution in [0.5, 0.6) is 0 Å². The van der Waals surface area contributed by atoms with Crippen LogP contribution in [0.25, 0.3) is 0 Å². The van der Waals surface area contributed by atoms with Crippen molar-refractivity contribution in [1.82, 2.24) is 4.98 Å². The minimum atomic E-state index is -0.703. The number of rotatable bonds is 2. The van der Waals surface area contributed by atoms with Crippen molar-refractivity contribution in [2.24, 2.45) is 5.73 Å². The molecule has 0 aliphatic carbocycles. The maximum absolute atomic E-state index is 5.46. The maximum Gasteiger partial charge on any atom is 0.284 e. The summed E-state index contributed by atoms with van der Waals surface area (Å²) >= 11 is 1.50. The lowest BCUT2D eigenvalue weighted by atomic mass is 10.3. The molecular formula is C8H10N2O2S. The highest BCUT2D eigenvalue weighted by atomic mass is 32.1. The molecule has 1 aliphatic heterocycles. The van der Waals surface area contributed by atoms with Gasteiger partial charge in [-0.15, -0.1) is 11.3 Å².